The van der Waals surface area contributed by atoms with E-state index in [1.807, 2.05) is 35.2 Å². The van der Waals surface area contributed by atoms with Gasteiger partial charge in [-0.1, -0.05) is 0 Å². The summed E-state index contributed by atoms with van der Waals surface area (Å²) in [5.41, 5.74) is 2.99. The number of benzene rings is 2. The van der Waals surface area contributed by atoms with Crippen LogP contribution in [0.3, 0.4) is 0 Å². The van der Waals surface area contributed by atoms with Gasteiger partial charge in [0.15, 0.2) is 11.5 Å². The van der Waals surface area contributed by atoms with E-state index < -0.39 is 6.04 Å². The summed E-state index contributed by atoms with van der Waals surface area (Å²) in [6.07, 6.45) is 2.52. The summed E-state index contributed by atoms with van der Waals surface area (Å²) in [5, 5.41) is 0.881. The molecule has 0 spiro atoms. The van der Waals surface area contributed by atoms with Crippen LogP contribution in [0.1, 0.15) is 35.6 Å². The predicted octanol–water partition coefficient (Wildman–Crippen LogP) is 3.44. The fourth-order valence-electron chi connectivity index (χ4n) is 4.61. The number of nitrogens with zero attached hydrogens (tertiary/aromatic N) is 1. The number of aromatic nitrogens is 1. The number of rotatable bonds is 5. The number of carbonyl (C=O) groups is 1. The standard InChI is InChI=1S/C25H26N2O5/c1-30-17-7-6-16-10-19(24(28)26-20(16)12-17)23-18-13-22(32-3)21(31-2)11-15(18)8-9-27(23)25(29)14-4-5-14/h6-7,10-14,23H,4-5,8-9H2,1-3H3,(H,26,28). The topological polar surface area (TPSA) is 80.9 Å². The van der Waals surface area contributed by atoms with Crippen molar-refractivity contribution in [2.45, 2.75) is 25.3 Å². The van der Waals surface area contributed by atoms with Crippen molar-refractivity contribution in [2.24, 2.45) is 5.92 Å². The zero-order valence-corrected chi connectivity index (χ0v) is 18.4. The Morgan fingerprint density at radius 3 is 2.41 bits per heavy atom. The van der Waals surface area contributed by atoms with Gasteiger partial charge in [-0.2, -0.15) is 0 Å². The summed E-state index contributed by atoms with van der Waals surface area (Å²) in [4.78, 5) is 31.4. The fraction of sp³-hybridized carbons (Fsp3) is 0.360. The molecule has 7 heteroatoms. The molecule has 1 amide bonds. The molecule has 1 N–H and O–H groups in total. The Kier molecular flexibility index (Phi) is 5.04. The quantitative estimate of drug-likeness (QED) is 0.665. The fourth-order valence-corrected chi connectivity index (χ4v) is 4.61. The molecule has 2 aromatic carbocycles. The number of aromatic amines is 1. The molecule has 1 fully saturated rings. The Hall–Kier alpha value is -3.48. The van der Waals surface area contributed by atoms with Crippen LogP contribution in [0.25, 0.3) is 10.9 Å². The van der Waals surface area contributed by atoms with Gasteiger partial charge >= 0.3 is 0 Å². The van der Waals surface area contributed by atoms with Crippen molar-refractivity contribution in [3.63, 3.8) is 0 Å². The number of nitrogens with one attached hydrogen (secondary N) is 1. The highest BCUT2D eigenvalue weighted by Gasteiger charge is 2.40. The van der Waals surface area contributed by atoms with Crippen molar-refractivity contribution in [1.29, 1.82) is 0 Å². The molecule has 1 aliphatic heterocycles. The first-order chi connectivity index (χ1) is 15.5. The predicted molar refractivity (Wildman–Crippen MR) is 121 cm³/mol. The van der Waals surface area contributed by atoms with Crippen LogP contribution >= 0.6 is 0 Å². The molecule has 3 aromatic rings. The van der Waals surface area contributed by atoms with E-state index in [9.17, 15) is 9.59 Å². The number of carbonyl (C=O) groups excluding carboxylic acids is 1. The van der Waals surface area contributed by atoms with E-state index in [4.69, 9.17) is 14.2 Å². The first-order valence-corrected chi connectivity index (χ1v) is 10.8. The molecule has 1 saturated carbocycles. The highest BCUT2D eigenvalue weighted by atomic mass is 16.5. The molecule has 1 aromatic heterocycles. The monoisotopic (exact) mass is 434 g/mol. The van der Waals surface area contributed by atoms with Crippen molar-refractivity contribution in [2.75, 3.05) is 27.9 Å². The minimum atomic E-state index is -0.484. The van der Waals surface area contributed by atoms with Gasteiger partial charge in [0.25, 0.3) is 5.56 Å². The molecular formula is C25H26N2O5. The van der Waals surface area contributed by atoms with Gasteiger partial charge in [0.05, 0.1) is 32.9 Å². The van der Waals surface area contributed by atoms with Crippen LogP contribution in [0.15, 0.2) is 41.2 Å². The number of fused-ring (bicyclic) bond motifs is 2. The van der Waals surface area contributed by atoms with E-state index in [2.05, 4.69) is 4.98 Å². The number of pyridine rings is 1. The second kappa shape index (κ2) is 7.89. The van der Waals surface area contributed by atoms with Gasteiger partial charge in [0.1, 0.15) is 5.75 Å². The zero-order valence-electron chi connectivity index (χ0n) is 18.4. The molecule has 7 nitrogen and oxygen atoms in total. The van der Waals surface area contributed by atoms with Crippen LogP contribution in [-0.4, -0.2) is 43.7 Å². The minimum absolute atomic E-state index is 0.0583. The van der Waals surface area contributed by atoms with Gasteiger partial charge in [-0.05, 0) is 66.1 Å². The summed E-state index contributed by atoms with van der Waals surface area (Å²) in [7, 11) is 4.79. The number of amides is 1. The van der Waals surface area contributed by atoms with E-state index in [0.717, 1.165) is 29.4 Å². The Morgan fingerprint density at radius 2 is 1.72 bits per heavy atom. The maximum atomic E-state index is 13.3. The van der Waals surface area contributed by atoms with Crippen molar-refractivity contribution < 1.29 is 19.0 Å². The van der Waals surface area contributed by atoms with Gasteiger partial charge in [0, 0.05) is 24.1 Å². The first-order valence-electron chi connectivity index (χ1n) is 10.8. The lowest BCUT2D eigenvalue weighted by Crippen LogP contribution is -2.43. The number of hydrogen-bond donors (Lipinski definition) is 1. The van der Waals surface area contributed by atoms with Crippen LogP contribution in [0, 0.1) is 5.92 Å². The Labute approximate surface area is 185 Å². The average molecular weight is 434 g/mol. The van der Waals surface area contributed by atoms with Crippen LogP contribution in [0.4, 0.5) is 0 Å². The largest absolute Gasteiger partial charge is 0.497 e. The second-order valence-electron chi connectivity index (χ2n) is 8.37. The summed E-state index contributed by atoms with van der Waals surface area (Å²) in [6.45, 7) is 0.558. The third-order valence-electron chi connectivity index (χ3n) is 6.46. The van der Waals surface area contributed by atoms with Crippen LogP contribution in [-0.2, 0) is 11.2 Å². The van der Waals surface area contributed by atoms with Crippen molar-refractivity contribution in [3.05, 3.63) is 63.4 Å². The molecule has 5 rings (SSSR count). The second-order valence-corrected chi connectivity index (χ2v) is 8.37. The van der Waals surface area contributed by atoms with Gasteiger partial charge in [-0.3, -0.25) is 9.59 Å². The maximum Gasteiger partial charge on any atom is 0.254 e. The SMILES string of the molecule is COc1ccc2cc(C3c4cc(OC)c(OC)cc4CCN3C(=O)C3CC3)c(=O)[nH]c2c1. The molecule has 1 atom stereocenters. The lowest BCUT2D eigenvalue weighted by molar-refractivity contribution is -0.134. The van der Waals surface area contributed by atoms with Crippen LogP contribution in [0.2, 0.25) is 0 Å². The van der Waals surface area contributed by atoms with E-state index in [-0.39, 0.29) is 17.4 Å². The summed E-state index contributed by atoms with van der Waals surface area (Å²) < 4.78 is 16.3. The first kappa shape index (κ1) is 20.4. The average Bonchev–Trinajstić information content (AvgIpc) is 3.66. The summed E-state index contributed by atoms with van der Waals surface area (Å²) >= 11 is 0. The van der Waals surface area contributed by atoms with E-state index >= 15 is 0 Å². The maximum absolute atomic E-state index is 13.3. The minimum Gasteiger partial charge on any atom is -0.497 e. The van der Waals surface area contributed by atoms with Gasteiger partial charge in [0.2, 0.25) is 5.91 Å². The Morgan fingerprint density at radius 1 is 0.969 bits per heavy atom. The van der Waals surface area contributed by atoms with Gasteiger partial charge < -0.3 is 24.1 Å². The molecule has 2 aliphatic rings. The third-order valence-corrected chi connectivity index (χ3v) is 6.46. The number of methoxy groups -OCH3 is 3. The molecule has 1 unspecified atom stereocenters. The third kappa shape index (κ3) is 3.38. The lowest BCUT2D eigenvalue weighted by Gasteiger charge is -2.38. The molecule has 0 radical (unpaired) electrons. The van der Waals surface area contributed by atoms with Crippen molar-refractivity contribution in [1.82, 2.24) is 9.88 Å². The molecule has 1 aliphatic carbocycles. The highest BCUT2D eigenvalue weighted by Crippen LogP contribution is 2.43. The van der Waals surface area contributed by atoms with Crippen molar-refractivity contribution in [3.8, 4) is 17.2 Å². The Bertz CT molecular complexity index is 1260. The molecule has 32 heavy (non-hydrogen) atoms. The normalized spacial score (nSPS) is 17.7. The van der Waals surface area contributed by atoms with Crippen LogP contribution in [0.5, 0.6) is 17.2 Å². The number of hydrogen-bond acceptors (Lipinski definition) is 5. The van der Waals surface area contributed by atoms with Crippen molar-refractivity contribution >= 4 is 16.8 Å². The van der Waals surface area contributed by atoms with Crippen LogP contribution < -0.4 is 19.8 Å². The van der Waals surface area contributed by atoms with E-state index in [0.29, 0.717) is 41.3 Å². The molecule has 166 valence electrons. The van der Waals surface area contributed by atoms with Gasteiger partial charge in [-0.15, -0.1) is 0 Å². The molecule has 0 saturated heterocycles. The number of ether oxygens (including phenoxy) is 3. The lowest BCUT2D eigenvalue weighted by atomic mass is 9.87. The smallest absolute Gasteiger partial charge is 0.254 e. The van der Waals surface area contributed by atoms with E-state index in [1.54, 1.807) is 27.4 Å². The molecular weight excluding hydrogens is 408 g/mol. The Balaban J connectivity index is 1.70. The van der Waals surface area contributed by atoms with Gasteiger partial charge in [-0.25, -0.2) is 0 Å². The highest BCUT2D eigenvalue weighted by molar-refractivity contribution is 5.84. The summed E-state index contributed by atoms with van der Waals surface area (Å²) in [5.74, 6) is 2.07. The molecule has 2 heterocycles. The zero-order chi connectivity index (χ0) is 22.4. The van der Waals surface area contributed by atoms with E-state index in [1.165, 1.54) is 0 Å². The molecule has 0 bridgehead atoms. The summed E-state index contributed by atoms with van der Waals surface area (Å²) in [6, 6.07) is 10.8. The number of H-pyrrole nitrogens is 1.